The Balaban J connectivity index is 2.57. The molecule has 5 heteroatoms. The third-order valence-electron chi connectivity index (χ3n) is 3.88. The fraction of sp³-hybridized carbons (Fsp3) is 0.579. The van der Waals surface area contributed by atoms with Gasteiger partial charge in [0.05, 0.1) is 7.11 Å². The zero-order valence-corrected chi connectivity index (χ0v) is 15.9. The van der Waals surface area contributed by atoms with Gasteiger partial charge in [0.15, 0.2) is 0 Å². The molecule has 0 fully saturated rings. The Bertz CT molecular complexity index is 580. The van der Waals surface area contributed by atoms with Crippen LogP contribution in [0.5, 0.6) is 5.75 Å². The van der Waals surface area contributed by atoms with Crippen molar-refractivity contribution in [2.24, 2.45) is 5.41 Å². The molecule has 0 saturated carbocycles. The molecule has 24 heavy (non-hydrogen) atoms. The summed E-state index contributed by atoms with van der Waals surface area (Å²) in [7, 11) is 3.44. The van der Waals surface area contributed by atoms with E-state index in [0.29, 0.717) is 19.5 Å². The van der Waals surface area contributed by atoms with Gasteiger partial charge in [0.1, 0.15) is 5.75 Å². The molecule has 0 bridgehead atoms. The normalized spacial score (nSPS) is 11.1. The second-order valence-electron chi connectivity index (χ2n) is 7.27. The molecule has 0 spiro atoms. The van der Waals surface area contributed by atoms with E-state index in [1.54, 1.807) is 19.1 Å². The van der Waals surface area contributed by atoms with Crippen molar-refractivity contribution in [2.75, 3.05) is 20.7 Å². The summed E-state index contributed by atoms with van der Waals surface area (Å²) in [6.45, 7) is 10.5. The molecule has 0 heterocycles. The molecular weight excluding hydrogens is 304 g/mol. The molecule has 0 atom stereocenters. The second kappa shape index (κ2) is 8.18. The molecule has 2 amide bonds. The highest BCUT2D eigenvalue weighted by Gasteiger charge is 2.21. The van der Waals surface area contributed by atoms with E-state index >= 15 is 0 Å². The van der Waals surface area contributed by atoms with Crippen LogP contribution in [0.2, 0.25) is 0 Å². The lowest BCUT2D eigenvalue weighted by Crippen LogP contribution is -2.37. The number of methoxy groups -OCH3 is 1. The van der Waals surface area contributed by atoms with Gasteiger partial charge >= 0.3 is 0 Å². The highest BCUT2D eigenvalue weighted by Crippen LogP contribution is 2.24. The monoisotopic (exact) mass is 334 g/mol. The number of hydrogen-bond donors (Lipinski definition) is 1. The number of amides is 2. The van der Waals surface area contributed by atoms with Gasteiger partial charge in [-0.25, -0.2) is 0 Å². The summed E-state index contributed by atoms with van der Waals surface area (Å²) in [5.41, 5.74) is 2.75. The third-order valence-corrected chi connectivity index (χ3v) is 3.88. The van der Waals surface area contributed by atoms with Crippen LogP contribution in [-0.4, -0.2) is 37.4 Å². The number of nitrogens with zero attached hydrogens (tertiary/aromatic N) is 1. The van der Waals surface area contributed by atoms with Gasteiger partial charge in [-0.15, -0.1) is 0 Å². The fourth-order valence-electron chi connectivity index (χ4n) is 2.55. The van der Waals surface area contributed by atoms with Crippen LogP contribution in [0.1, 0.15) is 43.9 Å². The van der Waals surface area contributed by atoms with E-state index in [1.807, 2.05) is 46.8 Å². The number of aryl methyl sites for hydroxylation is 2. The summed E-state index contributed by atoms with van der Waals surface area (Å²) in [5.74, 6) is 0.854. The van der Waals surface area contributed by atoms with Gasteiger partial charge in [0, 0.05) is 32.0 Å². The first kappa shape index (κ1) is 20.0. The standard InChI is InChI=1S/C19H30N2O3/c1-13-10-15(11-14(2)17(13)24-7)12-21(6)16(22)8-9-20-18(23)19(3,4)5/h10-11H,8-9,12H2,1-7H3,(H,20,23). The average molecular weight is 334 g/mol. The molecule has 0 radical (unpaired) electrons. The van der Waals surface area contributed by atoms with Gasteiger partial charge in [-0.1, -0.05) is 32.9 Å². The first-order chi connectivity index (χ1) is 11.1. The molecule has 0 aliphatic rings. The zero-order chi connectivity index (χ0) is 18.5. The lowest BCUT2D eigenvalue weighted by Gasteiger charge is -2.20. The van der Waals surface area contributed by atoms with Crippen molar-refractivity contribution in [1.29, 1.82) is 0 Å². The quantitative estimate of drug-likeness (QED) is 0.870. The highest BCUT2D eigenvalue weighted by molar-refractivity contribution is 5.82. The molecule has 1 N–H and O–H groups in total. The van der Waals surface area contributed by atoms with E-state index in [0.717, 1.165) is 22.4 Å². The molecule has 5 nitrogen and oxygen atoms in total. The van der Waals surface area contributed by atoms with E-state index in [9.17, 15) is 9.59 Å². The maximum atomic E-state index is 12.2. The minimum absolute atomic E-state index is 0.00957. The number of hydrogen-bond acceptors (Lipinski definition) is 3. The maximum absolute atomic E-state index is 12.2. The predicted molar refractivity (Wildman–Crippen MR) is 96.0 cm³/mol. The molecule has 1 aromatic carbocycles. The van der Waals surface area contributed by atoms with E-state index in [2.05, 4.69) is 5.32 Å². The van der Waals surface area contributed by atoms with Crippen molar-refractivity contribution in [3.8, 4) is 5.75 Å². The Morgan fingerprint density at radius 1 is 1.17 bits per heavy atom. The molecule has 0 aliphatic heterocycles. The summed E-state index contributed by atoms with van der Waals surface area (Å²) in [4.78, 5) is 25.7. The van der Waals surface area contributed by atoms with Crippen LogP contribution in [0.15, 0.2) is 12.1 Å². The van der Waals surface area contributed by atoms with Gasteiger partial charge < -0.3 is 15.0 Å². The number of ether oxygens (including phenoxy) is 1. The first-order valence-corrected chi connectivity index (χ1v) is 8.22. The lowest BCUT2D eigenvalue weighted by molar-refractivity contribution is -0.131. The first-order valence-electron chi connectivity index (χ1n) is 8.22. The predicted octanol–water partition coefficient (Wildman–Crippen LogP) is 2.82. The molecule has 1 rings (SSSR count). The zero-order valence-electron chi connectivity index (χ0n) is 15.9. The van der Waals surface area contributed by atoms with E-state index < -0.39 is 5.41 Å². The summed E-state index contributed by atoms with van der Waals surface area (Å²) >= 11 is 0. The fourth-order valence-corrected chi connectivity index (χ4v) is 2.55. The second-order valence-corrected chi connectivity index (χ2v) is 7.27. The Hall–Kier alpha value is -2.04. The summed E-state index contributed by atoms with van der Waals surface area (Å²) in [6, 6.07) is 4.08. The van der Waals surface area contributed by atoms with Crippen LogP contribution in [0.4, 0.5) is 0 Å². The van der Waals surface area contributed by atoms with Gasteiger partial charge in [-0.3, -0.25) is 9.59 Å². The largest absolute Gasteiger partial charge is 0.496 e. The molecule has 0 unspecified atom stereocenters. The van der Waals surface area contributed by atoms with Crippen molar-refractivity contribution in [2.45, 2.75) is 47.6 Å². The van der Waals surface area contributed by atoms with Crippen LogP contribution in [0.25, 0.3) is 0 Å². The van der Waals surface area contributed by atoms with E-state index in [4.69, 9.17) is 4.74 Å². The van der Waals surface area contributed by atoms with Crippen LogP contribution < -0.4 is 10.1 Å². The van der Waals surface area contributed by atoms with Crippen molar-refractivity contribution in [3.05, 3.63) is 28.8 Å². The van der Waals surface area contributed by atoms with Gasteiger partial charge in [0.2, 0.25) is 11.8 Å². The highest BCUT2D eigenvalue weighted by atomic mass is 16.5. The van der Waals surface area contributed by atoms with Crippen molar-refractivity contribution in [1.82, 2.24) is 10.2 Å². The van der Waals surface area contributed by atoms with Crippen LogP contribution in [0, 0.1) is 19.3 Å². The van der Waals surface area contributed by atoms with Crippen LogP contribution in [0.3, 0.4) is 0 Å². The topological polar surface area (TPSA) is 58.6 Å². The molecule has 1 aromatic rings. The SMILES string of the molecule is COc1c(C)cc(CN(C)C(=O)CCNC(=O)C(C)(C)C)cc1C. The van der Waals surface area contributed by atoms with Crippen LogP contribution >= 0.6 is 0 Å². The molecule has 0 aliphatic carbocycles. The molecule has 134 valence electrons. The van der Waals surface area contributed by atoms with E-state index in [-0.39, 0.29) is 11.8 Å². The Labute approximate surface area is 145 Å². The number of carbonyl (C=O) groups excluding carboxylic acids is 2. The molecule has 0 saturated heterocycles. The average Bonchev–Trinajstić information content (AvgIpc) is 2.45. The van der Waals surface area contributed by atoms with Gasteiger partial charge in [-0.05, 0) is 30.5 Å². The van der Waals surface area contributed by atoms with Crippen molar-refractivity contribution in [3.63, 3.8) is 0 Å². The number of nitrogens with one attached hydrogen (secondary N) is 1. The Kier molecular flexibility index (Phi) is 6.81. The minimum Gasteiger partial charge on any atom is -0.496 e. The molecule has 0 aromatic heterocycles. The van der Waals surface area contributed by atoms with Crippen molar-refractivity contribution < 1.29 is 14.3 Å². The number of carbonyl (C=O) groups is 2. The van der Waals surface area contributed by atoms with Gasteiger partial charge in [-0.2, -0.15) is 0 Å². The van der Waals surface area contributed by atoms with E-state index in [1.165, 1.54) is 0 Å². The van der Waals surface area contributed by atoms with Gasteiger partial charge in [0.25, 0.3) is 0 Å². The third kappa shape index (κ3) is 5.55. The summed E-state index contributed by atoms with van der Waals surface area (Å²) in [6.07, 6.45) is 0.298. The van der Waals surface area contributed by atoms with Crippen LogP contribution in [-0.2, 0) is 16.1 Å². The Morgan fingerprint density at radius 2 is 1.71 bits per heavy atom. The number of rotatable bonds is 6. The summed E-state index contributed by atoms with van der Waals surface area (Å²) in [5, 5.41) is 2.80. The number of benzene rings is 1. The smallest absolute Gasteiger partial charge is 0.225 e. The molecular formula is C19H30N2O3. The summed E-state index contributed by atoms with van der Waals surface area (Å²) < 4.78 is 5.37. The maximum Gasteiger partial charge on any atom is 0.225 e. The lowest BCUT2D eigenvalue weighted by atomic mass is 9.96. The minimum atomic E-state index is -0.437. The Morgan fingerprint density at radius 3 is 2.17 bits per heavy atom. The van der Waals surface area contributed by atoms with Crippen molar-refractivity contribution >= 4 is 11.8 Å².